The maximum absolute atomic E-state index is 13.5. The first-order valence-electron chi connectivity index (χ1n) is 11.0. The molecule has 0 saturated carbocycles. The van der Waals surface area contributed by atoms with Gasteiger partial charge in [0.1, 0.15) is 5.70 Å². The molecule has 0 unspecified atom stereocenters. The lowest BCUT2D eigenvalue weighted by Crippen LogP contribution is -2.50. The summed E-state index contributed by atoms with van der Waals surface area (Å²) >= 11 is 0. The van der Waals surface area contributed by atoms with Crippen molar-refractivity contribution in [2.45, 2.75) is 45.1 Å². The fraction of sp³-hybridized carbons (Fsp3) is 0.522. The lowest BCUT2D eigenvalue weighted by molar-refractivity contribution is -0.141. The number of piperidine rings is 2. The highest BCUT2D eigenvalue weighted by atomic mass is 16.6. The average Bonchev–Trinajstić information content (AvgIpc) is 3.05. The highest BCUT2D eigenvalue weighted by Crippen LogP contribution is 2.35. The van der Waals surface area contributed by atoms with Gasteiger partial charge in [0.15, 0.2) is 0 Å². The van der Waals surface area contributed by atoms with Crippen LogP contribution in [0.2, 0.25) is 0 Å². The number of likely N-dealkylation sites (tertiary alicyclic amines) is 2. The van der Waals surface area contributed by atoms with Crippen LogP contribution in [-0.4, -0.2) is 71.4 Å². The van der Waals surface area contributed by atoms with Crippen molar-refractivity contribution in [3.05, 3.63) is 41.6 Å². The van der Waals surface area contributed by atoms with Gasteiger partial charge in [-0.15, -0.1) is 0 Å². The Kier molecular flexibility index (Phi) is 6.06. The van der Waals surface area contributed by atoms with E-state index in [1.54, 1.807) is 11.8 Å². The van der Waals surface area contributed by atoms with Gasteiger partial charge < -0.3 is 14.5 Å². The summed E-state index contributed by atoms with van der Waals surface area (Å²) in [5.41, 5.74) is 1.87. The molecule has 1 aromatic carbocycles. The van der Waals surface area contributed by atoms with E-state index < -0.39 is 0 Å². The SMILES string of the molecule is CCOC(=O)N1CCC(N2C(=O)C(c3ccccc3)=C(N3CCCCC3)C2=O)CC1. The minimum absolute atomic E-state index is 0.185. The number of amides is 3. The van der Waals surface area contributed by atoms with Gasteiger partial charge in [0, 0.05) is 32.2 Å². The topological polar surface area (TPSA) is 70.2 Å². The number of ether oxygens (including phenoxy) is 1. The van der Waals surface area contributed by atoms with E-state index in [4.69, 9.17) is 4.74 Å². The molecule has 1 aromatic rings. The van der Waals surface area contributed by atoms with Crippen molar-refractivity contribution in [1.82, 2.24) is 14.7 Å². The highest BCUT2D eigenvalue weighted by molar-refractivity contribution is 6.35. The van der Waals surface area contributed by atoms with Gasteiger partial charge in [0.25, 0.3) is 11.8 Å². The van der Waals surface area contributed by atoms with Crippen molar-refractivity contribution in [3.8, 4) is 0 Å². The van der Waals surface area contributed by atoms with Gasteiger partial charge in [-0.3, -0.25) is 14.5 Å². The average molecular weight is 412 g/mol. The monoisotopic (exact) mass is 411 g/mol. The minimum Gasteiger partial charge on any atom is -0.450 e. The van der Waals surface area contributed by atoms with Crippen molar-refractivity contribution >= 4 is 23.5 Å². The van der Waals surface area contributed by atoms with Crippen molar-refractivity contribution in [3.63, 3.8) is 0 Å². The molecule has 160 valence electrons. The van der Waals surface area contributed by atoms with Gasteiger partial charge in [-0.2, -0.15) is 0 Å². The van der Waals surface area contributed by atoms with Gasteiger partial charge in [-0.05, 0) is 44.6 Å². The van der Waals surface area contributed by atoms with Crippen LogP contribution in [0.4, 0.5) is 4.79 Å². The molecule has 2 fully saturated rings. The van der Waals surface area contributed by atoms with Crippen LogP contribution >= 0.6 is 0 Å². The second-order valence-corrected chi connectivity index (χ2v) is 8.03. The predicted octanol–water partition coefficient (Wildman–Crippen LogP) is 2.87. The quantitative estimate of drug-likeness (QED) is 0.713. The van der Waals surface area contributed by atoms with Crippen molar-refractivity contribution in [1.29, 1.82) is 0 Å². The van der Waals surface area contributed by atoms with Crippen LogP contribution < -0.4 is 0 Å². The predicted molar refractivity (Wildman–Crippen MR) is 112 cm³/mol. The van der Waals surface area contributed by atoms with Crippen LogP contribution in [-0.2, 0) is 14.3 Å². The van der Waals surface area contributed by atoms with Crippen molar-refractivity contribution < 1.29 is 19.1 Å². The molecule has 0 N–H and O–H groups in total. The van der Waals surface area contributed by atoms with Gasteiger partial charge >= 0.3 is 6.09 Å². The van der Waals surface area contributed by atoms with Crippen LogP contribution in [0.25, 0.3) is 5.57 Å². The second kappa shape index (κ2) is 8.90. The molecule has 3 heterocycles. The number of carbonyl (C=O) groups is 3. The third-order valence-electron chi connectivity index (χ3n) is 6.18. The first-order chi connectivity index (χ1) is 14.6. The molecule has 2 saturated heterocycles. The lowest BCUT2D eigenvalue weighted by Gasteiger charge is -2.36. The first kappa shape index (κ1) is 20.4. The third-order valence-corrected chi connectivity index (χ3v) is 6.18. The highest BCUT2D eigenvalue weighted by Gasteiger charge is 2.45. The maximum Gasteiger partial charge on any atom is 0.409 e. The van der Waals surface area contributed by atoms with E-state index in [1.165, 1.54) is 4.90 Å². The number of nitrogens with zero attached hydrogens (tertiary/aromatic N) is 3. The molecule has 30 heavy (non-hydrogen) atoms. The van der Waals surface area contributed by atoms with Crippen LogP contribution in [0.1, 0.15) is 44.6 Å². The molecule has 3 aliphatic heterocycles. The molecule has 0 radical (unpaired) electrons. The Morgan fingerprint density at radius 1 is 0.967 bits per heavy atom. The molecule has 4 rings (SSSR count). The number of imide groups is 1. The smallest absolute Gasteiger partial charge is 0.409 e. The Morgan fingerprint density at radius 3 is 2.27 bits per heavy atom. The molecule has 0 atom stereocenters. The molecular weight excluding hydrogens is 382 g/mol. The molecule has 3 aliphatic rings. The van der Waals surface area contributed by atoms with Crippen LogP contribution in [0.15, 0.2) is 36.0 Å². The number of hydrogen-bond acceptors (Lipinski definition) is 5. The fourth-order valence-corrected chi connectivity index (χ4v) is 4.66. The Balaban J connectivity index is 1.58. The summed E-state index contributed by atoms with van der Waals surface area (Å²) in [5.74, 6) is -0.392. The summed E-state index contributed by atoms with van der Waals surface area (Å²) in [5, 5.41) is 0. The standard InChI is InChI=1S/C23H29N3O4/c1-2-30-23(29)25-15-11-18(12-16-25)26-21(27)19(17-9-5-3-6-10-17)20(22(26)28)24-13-7-4-8-14-24/h3,5-6,9-10,18H,2,4,7-8,11-16H2,1H3. The Labute approximate surface area is 177 Å². The van der Waals surface area contributed by atoms with Crippen molar-refractivity contribution in [2.24, 2.45) is 0 Å². The second-order valence-electron chi connectivity index (χ2n) is 8.03. The van der Waals surface area contributed by atoms with Crippen LogP contribution in [0.3, 0.4) is 0 Å². The summed E-state index contributed by atoms with van der Waals surface area (Å²) in [6, 6.07) is 9.31. The molecule has 3 amide bonds. The molecule has 7 heteroatoms. The number of hydrogen-bond donors (Lipinski definition) is 0. The molecular formula is C23H29N3O4. The summed E-state index contributed by atoms with van der Waals surface area (Å²) in [7, 11) is 0. The normalized spacial score (nSPS) is 20.9. The molecule has 0 bridgehead atoms. The Bertz CT molecular complexity index is 837. The van der Waals surface area contributed by atoms with Crippen molar-refractivity contribution in [2.75, 3.05) is 32.8 Å². The largest absolute Gasteiger partial charge is 0.450 e. The molecule has 0 aliphatic carbocycles. The van der Waals surface area contributed by atoms with Gasteiger partial charge in [-0.1, -0.05) is 30.3 Å². The summed E-state index contributed by atoms with van der Waals surface area (Å²) < 4.78 is 5.08. The lowest BCUT2D eigenvalue weighted by atomic mass is 10.0. The van der Waals surface area contributed by atoms with E-state index in [0.717, 1.165) is 37.9 Å². The zero-order valence-corrected chi connectivity index (χ0v) is 17.5. The van der Waals surface area contributed by atoms with E-state index >= 15 is 0 Å². The van der Waals surface area contributed by atoms with E-state index in [0.29, 0.717) is 43.8 Å². The molecule has 0 spiro atoms. The van der Waals surface area contributed by atoms with Crippen LogP contribution in [0.5, 0.6) is 0 Å². The zero-order chi connectivity index (χ0) is 21.1. The number of rotatable bonds is 4. The van der Waals surface area contributed by atoms with Gasteiger partial charge in [-0.25, -0.2) is 4.79 Å². The third kappa shape index (κ3) is 3.80. The van der Waals surface area contributed by atoms with E-state index in [-0.39, 0.29) is 23.9 Å². The minimum atomic E-state index is -0.327. The summed E-state index contributed by atoms with van der Waals surface area (Å²) in [6.45, 7) is 4.71. The van der Waals surface area contributed by atoms with E-state index in [9.17, 15) is 14.4 Å². The van der Waals surface area contributed by atoms with Gasteiger partial charge in [0.05, 0.1) is 12.2 Å². The Morgan fingerprint density at radius 2 is 1.63 bits per heavy atom. The first-order valence-corrected chi connectivity index (χ1v) is 11.0. The van der Waals surface area contributed by atoms with E-state index in [2.05, 4.69) is 4.90 Å². The van der Waals surface area contributed by atoms with Crippen LogP contribution in [0, 0.1) is 0 Å². The fourth-order valence-electron chi connectivity index (χ4n) is 4.66. The van der Waals surface area contributed by atoms with Gasteiger partial charge in [0.2, 0.25) is 0 Å². The summed E-state index contributed by atoms with van der Waals surface area (Å²) in [6.07, 6.45) is 4.04. The molecule has 7 nitrogen and oxygen atoms in total. The van der Waals surface area contributed by atoms with E-state index in [1.807, 2.05) is 30.3 Å². The zero-order valence-electron chi connectivity index (χ0n) is 17.5. The Hall–Kier alpha value is -2.83. The number of benzene rings is 1. The molecule has 0 aromatic heterocycles. The maximum atomic E-state index is 13.5. The summed E-state index contributed by atoms with van der Waals surface area (Å²) in [4.78, 5) is 44.2. The number of carbonyl (C=O) groups excluding carboxylic acids is 3.